The molecule has 0 saturated heterocycles. The third-order valence-corrected chi connectivity index (χ3v) is 2.99. The Morgan fingerprint density at radius 2 is 1.86 bits per heavy atom. The summed E-state index contributed by atoms with van der Waals surface area (Å²) in [6, 6.07) is 5.40. The molecule has 1 rings (SSSR count). The first-order chi connectivity index (χ1) is 9.96. The molecule has 6 heteroatoms. The number of hydrogen-bond acceptors (Lipinski definition) is 4. The molecule has 0 fully saturated rings. The quantitative estimate of drug-likeness (QED) is 0.764. The number of carboxylic acid groups (broad SMARTS) is 1. The molecule has 116 valence electrons. The molecule has 0 spiro atoms. The van der Waals surface area contributed by atoms with Crippen LogP contribution in [0, 0.1) is 5.92 Å². The summed E-state index contributed by atoms with van der Waals surface area (Å²) in [6.07, 6.45) is 0.184. The van der Waals surface area contributed by atoms with Crippen LogP contribution in [0.2, 0.25) is 0 Å². The maximum Gasteiger partial charge on any atom is 0.303 e. The van der Waals surface area contributed by atoms with Crippen molar-refractivity contribution in [3.63, 3.8) is 0 Å². The Morgan fingerprint density at radius 1 is 1.19 bits per heavy atom. The number of ether oxygens (including phenoxy) is 2. The van der Waals surface area contributed by atoms with Crippen molar-refractivity contribution in [3.8, 4) is 11.5 Å². The van der Waals surface area contributed by atoms with Gasteiger partial charge >= 0.3 is 5.97 Å². The Morgan fingerprint density at radius 3 is 2.43 bits per heavy atom. The van der Waals surface area contributed by atoms with Crippen molar-refractivity contribution in [2.75, 3.05) is 14.2 Å². The van der Waals surface area contributed by atoms with Crippen molar-refractivity contribution in [2.45, 2.75) is 26.3 Å². The van der Waals surface area contributed by atoms with Gasteiger partial charge in [0.1, 0.15) is 0 Å². The predicted octanol–water partition coefficient (Wildman–Crippen LogP) is 1.82. The minimum atomic E-state index is -0.893. The first-order valence-electron chi connectivity index (χ1n) is 6.65. The molecule has 0 saturated carbocycles. The summed E-state index contributed by atoms with van der Waals surface area (Å²) >= 11 is 0. The molecule has 1 atom stereocenters. The van der Waals surface area contributed by atoms with Crippen LogP contribution in [0.5, 0.6) is 11.5 Å². The van der Waals surface area contributed by atoms with E-state index in [0.717, 1.165) is 5.56 Å². The average Bonchev–Trinajstić information content (AvgIpc) is 2.43. The lowest BCUT2D eigenvalue weighted by molar-refractivity contribution is -0.138. The van der Waals surface area contributed by atoms with E-state index in [2.05, 4.69) is 5.32 Å². The average molecular weight is 295 g/mol. The van der Waals surface area contributed by atoms with Crippen molar-refractivity contribution in [2.24, 2.45) is 5.92 Å². The van der Waals surface area contributed by atoms with E-state index in [4.69, 9.17) is 14.6 Å². The largest absolute Gasteiger partial charge is 0.493 e. The van der Waals surface area contributed by atoms with Gasteiger partial charge in [-0.15, -0.1) is 0 Å². The normalized spacial score (nSPS) is 11.6. The SMILES string of the molecule is COc1ccc(CNC(=O)CC(C)CC(=O)O)cc1OC. The molecule has 6 nitrogen and oxygen atoms in total. The van der Waals surface area contributed by atoms with E-state index < -0.39 is 5.97 Å². The van der Waals surface area contributed by atoms with E-state index in [1.807, 2.05) is 6.07 Å². The number of amides is 1. The molecule has 1 aromatic carbocycles. The van der Waals surface area contributed by atoms with Gasteiger partial charge < -0.3 is 19.9 Å². The summed E-state index contributed by atoms with van der Waals surface area (Å²) < 4.78 is 10.3. The predicted molar refractivity (Wildman–Crippen MR) is 77.4 cm³/mol. The zero-order chi connectivity index (χ0) is 15.8. The van der Waals surface area contributed by atoms with Gasteiger partial charge in [0.25, 0.3) is 0 Å². The number of carbonyl (C=O) groups excluding carboxylic acids is 1. The highest BCUT2D eigenvalue weighted by Gasteiger charge is 2.12. The highest BCUT2D eigenvalue weighted by atomic mass is 16.5. The van der Waals surface area contributed by atoms with E-state index in [1.165, 1.54) is 0 Å². The smallest absolute Gasteiger partial charge is 0.303 e. The Bertz CT molecular complexity index is 501. The fourth-order valence-electron chi connectivity index (χ4n) is 1.95. The highest BCUT2D eigenvalue weighted by Crippen LogP contribution is 2.27. The maximum absolute atomic E-state index is 11.7. The summed E-state index contributed by atoms with van der Waals surface area (Å²) in [4.78, 5) is 22.3. The van der Waals surface area contributed by atoms with Gasteiger partial charge in [-0.05, 0) is 23.6 Å². The minimum Gasteiger partial charge on any atom is -0.493 e. The summed E-state index contributed by atoms with van der Waals surface area (Å²) in [5.41, 5.74) is 0.881. The Hall–Kier alpha value is -2.24. The standard InChI is InChI=1S/C15H21NO5/c1-10(7-15(18)19)6-14(17)16-9-11-4-5-12(20-2)13(8-11)21-3/h4-5,8,10H,6-7,9H2,1-3H3,(H,16,17)(H,18,19). The topological polar surface area (TPSA) is 84.9 Å². The molecule has 0 aliphatic heterocycles. The summed E-state index contributed by atoms with van der Waals surface area (Å²) in [5, 5.41) is 11.4. The summed E-state index contributed by atoms with van der Waals surface area (Å²) in [5.74, 6) is -0.0206. The highest BCUT2D eigenvalue weighted by molar-refractivity contribution is 5.77. The maximum atomic E-state index is 11.7. The number of rotatable bonds is 8. The van der Waals surface area contributed by atoms with Crippen LogP contribution < -0.4 is 14.8 Å². The first-order valence-corrected chi connectivity index (χ1v) is 6.65. The molecule has 1 aromatic rings. The molecule has 0 aliphatic carbocycles. The molecule has 2 N–H and O–H groups in total. The van der Waals surface area contributed by atoms with E-state index in [-0.39, 0.29) is 24.7 Å². The van der Waals surface area contributed by atoms with Gasteiger partial charge in [0.15, 0.2) is 11.5 Å². The number of methoxy groups -OCH3 is 2. The molecule has 0 aromatic heterocycles. The zero-order valence-electron chi connectivity index (χ0n) is 12.5. The van der Waals surface area contributed by atoms with Crippen molar-refractivity contribution >= 4 is 11.9 Å². The lowest BCUT2D eigenvalue weighted by atomic mass is 10.0. The van der Waals surface area contributed by atoms with Gasteiger partial charge in [-0.1, -0.05) is 13.0 Å². The van der Waals surface area contributed by atoms with E-state index in [1.54, 1.807) is 33.3 Å². The van der Waals surface area contributed by atoms with Gasteiger partial charge in [-0.2, -0.15) is 0 Å². The molecular weight excluding hydrogens is 274 g/mol. The summed E-state index contributed by atoms with van der Waals surface area (Å²) in [7, 11) is 3.11. The van der Waals surface area contributed by atoms with E-state index in [0.29, 0.717) is 18.0 Å². The van der Waals surface area contributed by atoms with Crippen LogP contribution >= 0.6 is 0 Å². The molecule has 1 unspecified atom stereocenters. The number of nitrogens with one attached hydrogen (secondary N) is 1. The number of carbonyl (C=O) groups is 2. The van der Waals surface area contributed by atoms with Crippen LogP contribution in [0.15, 0.2) is 18.2 Å². The first kappa shape index (κ1) is 16.8. The van der Waals surface area contributed by atoms with Crippen molar-refractivity contribution < 1.29 is 24.2 Å². The lowest BCUT2D eigenvalue weighted by Crippen LogP contribution is -2.25. The number of hydrogen-bond donors (Lipinski definition) is 2. The van der Waals surface area contributed by atoms with Gasteiger partial charge in [0.05, 0.1) is 14.2 Å². The van der Waals surface area contributed by atoms with Crippen LogP contribution in [-0.2, 0) is 16.1 Å². The van der Waals surface area contributed by atoms with Crippen molar-refractivity contribution in [1.29, 1.82) is 0 Å². The van der Waals surface area contributed by atoms with Gasteiger partial charge in [-0.3, -0.25) is 9.59 Å². The number of benzene rings is 1. The second kappa shape index (κ2) is 8.14. The molecule has 0 aliphatic rings. The fraction of sp³-hybridized carbons (Fsp3) is 0.467. The molecule has 1 amide bonds. The Kier molecular flexibility index (Phi) is 6.52. The van der Waals surface area contributed by atoms with E-state index >= 15 is 0 Å². The van der Waals surface area contributed by atoms with Crippen LogP contribution in [0.3, 0.4) is 0 Å². The lowest BCUT2D eigenvalue weighted by Gasteiger charge is -2.11. The van der Waals surface area contributed by atoms with Crippen molar-refractivity contribution in [1.82, 2.24) is 5.32 Å². The fourth-order valence-corrected chi connectivity index (χ4v) is 1.95. The van der Waals surface area contributed by atoms with Crippen molar-refractivity contribution in [3.05, 3.63) is 23.8 Å². The summed E-state index contributed by atoms with van der Waals surface area (Å²) in [6.45, 7) is 2.10. The second-order valence-corrected chi connectivity index (χ2v) is 4.87. The number of aliphatic carboxylic acids is 1. The van der Waals surface area contributed by atoms with E-state index in [9.17, 15) is 9.59 Å². The molecule has 0 radical (unpaired) electrons. The third-order valence-electron chi connectivity index (χ3n) is 2.99. The monoisotopic (exact) mass is 295 g/mol. The van der Waals surface area contributed by atoms with Crippen LogP contribution in [-0.4, -0.2) is 31.2 Å². The molecular formula is C15H21NO5. The Balaban J connectivity index is 2.51. The minimum absolute atomic E-state index is 0.0101. The third kappa shape index (κ3) is 5.72. The van der Waals surface area contributed by atoms with Crippen LogP contribution in [0.4, 0.5) is 0 Å². The van der Waals surface area contributed by atoms with Gasteiger partial charge in [0.2, 0.25) is 5.91 Å². The number of carboxylic acids is 1. The molecule has 0 heterocycles. The van der Waals surface area contributed by atoms with Gasteiger partial charge in [0, 0.05) is 19.4 Å². The molecule has 0 bridgehead atoms. The second-order valence-electron chi connectivity index (χ2n) is 4.87. The van der Waals surface area contributed by atoms with Gasteiger partial charge in [-0.25, -0.2) is 0 Å². The zero-order valence-corrected chi connectivity index (χ0v) is 12.5. The Labute approximate surface area is 124 Å². The molecule has 21 heavy (non-hydrogen) atoms. The van der Waals surface area contributed by atoms with Crippen LogP contribution in [0.25, 0.3) is 0 Å². The van der Waals surface area contributed by atoms with Crippen LogP contribution in [0.1, 0.15) is 25.3 Å².